The van der Waals surface area contributed by atoms with Crippen molar-refractivity contribution in [2.45, 2.75) is 32.8 Å². The monoisotopic (exact) mass is 161 g/mol. The number of hydrogen-bond acceptors (Lipinski definition) is 2. The quantitative estimate of drug-likeness (QED) is 0.636. The van der Waals surface area contributed by atoms with Crippen LogP contribution in [0.4, 0.5) is 0 Å². The van der Waals surface area contributed by atoms with Gasteiger partial charge in [0.15, 0.2) is 0 Å². The Balaban J connectivity index is 3.37. The van der Waals surface area contributed by atoms with Crippen LogP contribution >= 0.6 is 12.2 Å². The molecule has 1 atom stereocenters. The normalized spacial score (nSPS) is 12.3. The molecule has 10 heavy (non-hydrogen) atoms. The average molecular weight is 161 g/mol. The van der Waals surface area contributed by atoms with Gasteiger partial charge < -0.3 is 10.1 Å². The summed E-state index contributed by atoms with van der Waals surface area (Å²) in [5.41, 5.74) is 0. The third kappa shape index (κ3) is 4.56. The predicted molar refractivity (Wildman–Crippen MR) is 47.1 cm³/mol. The zero-order valence-corrected chi connectivity index (χ0v) is 7.62. The molecule has 0 spiro atoms. The third-order valence-corrected chi connectivity index (χ3v) is 1.51. The topological polar surface area (TPSA) is 21.3 Å². The van der Waals surface area contributed by atoms with Gasteiger partial charge in [-0.3, -0.25) is 0 Å². The van der Waals surface area contributed by atoms with E-state index in [9.17, 15) is 0 Å². The lowest BCUT2D eigenvalue weighted by Gasteiger charge is -2.12. The summed E-state index contributed by atoms with van der Waals surface area (Å²) in [6, 6.07) is 0. The largest absolute Gasteiger partial charge is 0.468 e. The van der Waals surface area contributed by atoms with Crippen LogP contribution < -0.4 is 5.32 Å². The van der Waals surface area contributed by atoms with Crippen LogP contribution in [0, 0.1) is 0 Å². The van der Waals surface area contributed by atoms with Crippen molar-refractivity contribution in [3.63, 3.8) is 0 Å². The summed E-state index contributed by atoms with van der Waals surface area (Å²) in [5, 5.41) is 3.25. The fraction of sp³-hybridized carbons (Fsp3) is 0.857. The Morgan fingerprint density at radius 3 is 2.70 bits per heavy atom. The van der Waals surface area contributed by atoms with E-state index in [1.807, 2.05) is 6.92 Å². The number of thiocarbonyl (C=S) groups is 1. The molecular formula is C7H15NOS. The van der Waals surface area contributed by atoms with Gasteiger partial charge in [-0.25, -0.2) is 0 Å². The van der Waals surface area contributed by atoms with Gasteiger partial charge in [-0.05, 0) is 25.6 Å². The van der Waals surface area contributed by atoms with Gasteiger partial charge in [0.25, 0.3) is 5.17 Å². The van der Waals surface area contributed by atoms with Crippen LogP contribution in [0.1, 0.15) is 26.7 Å². The Bertz CT molecular complexity index is 106. The highest BCUT2D eigenvalue weighted by Gasteiger charge is 2.01. The highest BCUT2D eigenvalue weighted by molar-refractivity contribution is 7.80. The molecule has 0 aliphatic heterocycles. The van der Waals surface area contributed by atoms with E-state index in [0.717, 1.165) is 12.8 Å². The lowest BCUT2D eigenvalue weighted by molar-refractivity contribution is 0.194. The first-order valence-electron chi connectivity index (χ1n) is 3.59. The fourth-order valence-corrected chi connectivity index (χ4v) is 0.871. The van der Waals surface area contributed by atoms with Crippen molar-refractivity contribution in [3.8, 4) is 0 Å². The van der Waals surface area contributed by atoms with E-state index in [-0.39, 0.29) is 6.10 Å². The highest BCUT2D eigenvalue weighted by atomic mass is 32.1. The molecule has 0 saturated carbocycles. The minimum atomic E-state index is 0.241. The summed E-state index contributed by atoms with van der Waals surface area (Å²) >= 11 is 4.81. The van der Waals surface area contributed by atoms with Gasteiger partial charge in [0.1, 0.15) is 0 Å². The molecule has 2 nitrogen and oxygen atoms in total. The molecule has 0 radical (unpaired) electrons. The van der Waals surface area contributed by atoms with Crippen LogP contribution in [-0.2, 0) is 4.74 Å². The number of rotatable bonds is 3. The fourth-order valence-electron chi connectivity index (χ4n) is 0.707. The maximum Gasteiger partial charge on any atom is 0.256 e. The van der Waals surface area contributed by atoms with Crippen LogP contribution in [0.15, 0.2) is 0 Å². The first-order valence-corrected chi connectivity index (χ1v) is 3.99. The van der Waals surface area contributed by atoms with Crippen LogP contribution in [0.25, 0.3) is 0 Å². The molecule has 0 amide bonds. The van der Waals surface area contributed by atoms with E-state index < -0.39 is 0 Å². The second-order valence-electron chi connectivity index (χ2n) is 2.25. The summed E-state index contributed by atoms with van der Waals surface area (Å²) in [6.45, 7) is 4.15. The molecular weight excluding hydrogens is 146 g/mol. The van der Waals surface area contributed by atoms with Crippen LogP contribution in [0.2, 0.25) is 0 Å². The van der Waals surface area contributed by atoms with E-state index in [4.69, 9.17) is 17.0 Å². The van der Waals surface area contributed by atoms with Crippen molar-refractivity contribution in [2.24, 2.45) is 0 Å². The van der Waals surface area contributed by atoms with E-state index in [1.165, 1.54) is 0 Å². The Labute approximate surface area is 68.0 Å². The molecule has 0 saturated heterocycles. The van der Waals surface area contributed by atoms with Gasteiger partial charge in [0.05, 0.1) is 6.10 Å². The van der Waals surface area contributed by atoms with E-state index in [0.29, 0.717) is 5.17 Å². The lowest BCUT2D eigenvalue weighted by Crippen LogP contribution is -2.23. The number of hydrogen-bond donors (Lipinski definition) is 1. The summed E-state index contributed by atoms with van der Waals surface area (Å²) in [5.74, 6) is 0. The molecule has 0 rings (SSSR count). The Morgan fingerprint density at radius 1 is 1.70 bits per heavy atom. The lowest BCUT2D eigenvalue weighted by atomic mass is 10.2. The molecule has 3 heteroatoms. The summed E-state index contributed by atoms with van der Waals surface area (Å²) < 4.78 is 5.26. The van der Waals surface area contributed by atoms with Gasteiger partial charge in [0, 0.05) is 7.05 Å². The molecule has 1 unspecified atom stereocenters. The molecule has 0 aliphatic carbocycles. The second kappa shape index (κ2) is 5.47. The van der Waals surface area contributed by atoms with Crippen molar-refractivity contribution < 1.29 is 4.74 Å². The molecule has 0 aromatic carbocycles. The van der Waals surface area contributed by atoms with Gasteiger partial charge in [-0.2, -0.15) is 0 Å². The van der Waals surface area contributed by atoms with Gasteiger partial charge >= 0.3 is 0 Å². The number of nitrogens with one attached hydrogen (secondary N) is 1. The average Bonchev–Trinajstić information content (AvgIpc) is 1.88. The zero-order valence-electron chi connectivity index (χ0n) is 6.81. The van der Waals surface area contributed by atoms with Crippen molar-refractivity contribution in [2.75, 3.05) is 7.05 Å². The SMILES string of the molecule is CCCC(C)OC(=S)NC. The van der Waals surface area contributed by atoms with Gasteiger partial charge in [0.2, 0.25) is 0 Å². The van der Waals surface area contributed by atoms with Crippen LogP contribution in [0.5, 0.6) is 0 Å². The first kappa shape index (κ1) is 9.69. The predicted octanol–water partition coefficient (Wildman–Crippen LogP) is 1.70. The minimum Gasteiger partial charge on any atom is -0.468 e. The van der Waals surface area contributed by atoms with E-state index >= 15 is 0 Å². The summed E-state index contributed by atoms with van der Waals surface area (Å²) in [6.07, 6.45) is 2.43. The standard InChI is InChI=1S/C7H15NOS/c1-4-5-6(2)9-7(10)8-3/h6H,4-5H2,1-3H3,(H,8,10). The Morgan fingerprint density at radius 2 is 2.30 bits per heavy atom. The molecule has 0 aliphatic rings. The van der Waals surface area contributed by atoms with Crippen molar-refractivity contribution in [3.05, 3.63) is 0 Å². The molecule has 0 bridgehead atoms. The smallest absolute Gasteiger partial charge is 0.256 e. The summed E-state index contributed by atoms with van der Waals surface area (Å²) in [7, 11) is 1.76. The van der Waals surface area contributed by atoms with Crippen LogP contribution in [0.3, 0.4) is 0 Å². The molecule has 0 aromatic rings. The minimum absolute atomic E-state index is 0.241. The molecule has 0 fully saturated rings. The molecule has 1 N–H and O–H groups in total. The maximum absolute atomic E-state index is 5.26. The second-order valence-corrected chi connectivity index (χ2v) is 2.63. The zero-order chi connectivity index (χ0) is 7.98. The van der Waals surface area contributed by atoms with Gasteiger partial charge in [-0.1, -0.05) is 13.3 Å². The van der Waals surface area contributed by atoms with Crippen LogP contribution in [-0.4, -0.2) is 18.3 Å². The first-order chi connectivity index (χ1) is 4.70. The van der Waals surface area contributed by atoms with E-state index in [1.54, 1.807) is 7.05 Å². The van der Waals surface area contributed by atoms with Crippen molar-refractivity contribution in [1.82, 2.24) is 5.32 Å². The van der Waals surface area contributed by atoms with Crippen molar-refractivity contribution in [1.29, 1.82) is 0 Å². The number of ether oxygens (including phenoxy) is 1. The van der Waals surface area contributed by atoms with E-state index in [2.05, 4.69) is 12.2 Å². The molecule has 0 aromatic heterocycles. The van der Waals surface area contributed by atoms with Crippen molar-refractivity contribution >= 4 is 17.4 Å². The maximum atomic E-state index is 5.26. The summed E-state index contributed by atoms with van der Waals surface area (Å²) in [4.78, 5) is 0. The third-order valence-electron chi connectivity index (χ3n) is 1.21. The van der Waals surface area contributed by atoms with Gasteiger partial charge in [-0.15, -0.1) is 0 Å². The molecule has 60 valence electrons. The molecule has 0 heterocycles. The Kier molecular flexibility index (Phi) is 5.30. The highest BCUT2D eigenvalue weighted by Crippen LogP contribution is 2.00. The Hall–Kier alpha value is -0.310.